The van der Waals surface area contributed by atoms with Crippen LogP contribution in [0, 0.1) is 6.92 Å². The van der Waals surface area contributed by atoms with Gasteiger partial charge < -0.3 is 19.5 Å². The predicted molar refractivity (Wildman–Crippen MR) is 86.1 cm³/mol. The van der Waals surface area contributed by atoms with E-state index in [-0.39, 0.29) is 6.04 Å². The van der Waals surface area contributed by atoms with Gasteiger partial charge in [0.15, 0.2) is 11.5 Å². The lowest BCUT2D eigenvalue weighted by Gasteiger charge is -2.21. The van der Waals surface area contributed by atoms with Gasteiger partial charge in [0.1, 0.15) is 5.75 Å². The van der Waals surface area contributed by atoms with Crippen molar-refractivity contribution in [2.24, 2.45) is 0 Å². The first kappa shape index (κ1) is 15.7. The van der Waals surface area contributed by atoms with Gasteiger partial charge >= 0.3 is 0 Å². The van der Waals surface area contributed by atoms with Crippen molar-refractivity contribution >= 4 is 11.3 Å². The lowest BCUT2D eigenvalue weighted by Crippen LogP contribution is -2.18. The van der Waals surface area contributed by atoms with E-state index in [2.05, 4.69) is 23.7 Å². The van der Waals surface area contributed by atoms with Crippen LogP contribution in [0.4, 0.5) is 0 Å². The Bertz CT molecular complexity index is 610. The predicted octanol–water partition coefficient (Wildman–Crippen LogP) is 3.39. The van der Waals surface area contributed by atoms with E-state index in [9.17, 15) is 0 Å². The fraction of sp³-hybridized carbons (Fsp3) is 0.375. The Hall–Kier alpha value is -1.72. The molecule has 21 heavy (non-hydrogen) atoms. The quantitative estimate of drug-likeness (QED) is 0.888. The van der Waals surface area contributed by atoms with Crippen LogP contribution in [-0.4, -0.2) is 28.4 Å². The Balaban J connectivity index is 2.54. The minimum atomic E-state index is 0.0460. The summed E-state index contributed by atoms with van der Waals surface area (Å²) >= 11 is 1.74. The summed E-state index contributed by atoms with van der Waals surface area (Å²) in [6.45, 7) is 2.10. The monoisotopic (exact) mass is 307 g/mol. The van der Waals surface area contributed by atoms with Crippen molar-refractivity contribution in [3.8, 4) is 17.2 Å². The van der Waals surface area contributed by atoms with Gasteiger partial charge in [-0.3, -0.25) is 0 Å². The summed E-state index contributed by atoms with van der Waals surface area (Å²) in [7, 11) is 6.86. The molecule has 1 heterocycles. The number of rotatable bonds is 6. The number of thiophene rings is 1. The normalized spacial score (nSPS) is 12.0. The van der Waals surface area contributed by atoms with E-state index in [1.54, 1.807) is 32.7 Å². The zero-order valence-corrected chi connectivity index (χ0v) is 13.8. The lowest BCUT2D eigenvalue weighted by atomic mass is 9.99. The Morgan fingerprint density at radius 1 is 0.952 bits per heavy atom. The van der Waals surface area contributed by atoms with Crippen LogP contribution >= 0.6 is 11.3 Å². The zero-order chi connectivity index (χ0) is 15.4. The Morgan fingerprint density at radius 3 is 2.05 bits per heavy atom. The molecule has 1 atom stereocenters. The summed E-state index contributed by atoms with van der Waals surface area (Å²) in [5.74, 6) is 2.13. The summed E-state index contributed by atoms with van der Waals surface area (Å²) in [5.41, 5.74) is 2.24. The molecule has 0 saturated carbocycles. The van der Waals surface area contributed by atoms with Crippen LogP contribution in [-0.2, 0) is 0 Å². The standard InChI is InChI=1S/C16H21NO3S/c1-10-6-11(9-21-10)16(17-2)12-7-14(19-4)15(20-5)8-13(12)18-3/h6-9,16-17H,1-5H3. The highest BCUT2D eigenvalue weighted by atomic mass is 32.1. The van der Waals surface area contributed by atoms with Crippen molar-refractivity contribution in [3.63, 3.8) is 0 Å². The molecule has 2 aromatic rings. The Morgan fingerprint density at radius 2 is 1.57 bits per heavy atom. The molecular weight excluding hydrogens is 286 g/mol. The van der Waals surface area contributed by atoms with E-state index in [0.717, 1.165) is 11.3 Å². The first-order valence-electron chi connectivity index (χ1n) is 6.66. The molecule has 1 aromatic heterocycles. The first-order chi connectivity index (χ1) is 10.1. The number of benzene rings is 1. The van der Waals surface area contributed by atoms with Crippen LogP contribution in [0.2, 0.25) is 0 Å². The van der Waals surface area contributed by atoms with Crippen molar-refractivity contribution in [2.45, 2.75) is 13.0 Å². The minimum Gasteiger partial charge on any atom is -0.496 e. The summed E-state index contributed by atoms with van der Waals surface area (Å²) in [5, 5.41) is 5.50. The number of aryl methyl sites for hydroxylation is 1. The van der Waals surface area contributed by atoms with Gasteiger partial charge in [0, 0.05) is 16.5 Å². The van der Waals surface area contributed by atoms with Crippen molar-refractivity contribution in [1.82, 2.24) is 5.32 Å². The number of hydrogen-bond acceptors (Lipinski definition) is 5. The summed E-state index contributed by atoms with van der Waals surface area (Å²) < 4.78 is 16.3. The molecule has 0 spiro atoms. The number of methoxy groups -OCH3 is 3. The second-order valence-electron chi connectivity index (χ2n) is 4.66. The second kappa shape index (κ2) is 6.83. The molecule has 1 unspecified atom stereocenters. The fourth-order valence-electron chi connectivity index (χ4n) is 2.40. The molecule has 1 aromatic carbocycles. The molecule has 0 saturated heterocycles. The van der Waals surface area contributed by atoms with Gasteiger partial charge in [-0.05, 0) is 37.0 Å². The van der Waals surface area contributed by atoms with E-state index in [0.29, 0.717) is 11.5 Å². The smallest absolute Gasteiger partial charge is 0.164 e. The van der Waals surface area contributed by atoms with Crippen LogP contribution in [0.15, 0.2) is 23.6 Å². The molecule has 2 rings (SSSR count). The van der Waals surface area contributed by atoms with Crippen molar-refractivity contribution in [1.29, 1.82) is 0 Å². The molecule has 0 aliphatic rings. The molecule has 0 amide bonds. The van der Waals surface area contributed by atoms with E-state index in [4.69, 9.17) is 14.2 Å². The molecule has 1 N–H and O–H groups in total. The summed E-state index contributed by atoms with van der Waals surface area (Å²) in [6, 6.07) is 6.05. The van der Waals surface area contributed by atoms with Crippen LogP contribution < -0.4 is 19.5 Å². The van der Waals surface area contributed by atoms with Gasteiger partial charge in [0.25, 0.3) is 0 Å². The molecular formula is C16H21NO3S. The largest absolute Gasteiger partial charge is 0.496 e. The van der Waals surface area contributed by atoms with Gasteiger partial charge in [-0.2, -0.15) is 0 Å². The van der Waals surface area contributed by atoms with Crippen LogP contribution in [0.5, 0.6) is 17.2 Å². The third kappa shape index (κ3) is 3.14. The Kier molecular flexibility index (Phi) is 5.09. The highest BCUT2D eigenvalue weighted by Gasteiger charge is 2.21. The van der Waals surface area contributed by atoms with E-state index >= 15 is 0 Å². The molecule has 0 aliphatic carbocycles. The van der Waals surface area contributed by atoms with E-state index in [1.807, 2.05) is 19.2 Å². The average Bonchev–Trinajstić information content (AvgIpc) is 2.93. The zero-order valence-electron chi connectivity index (χ0n) is 13.0. The highest BCUT2D eigenvalue weighted by Crippen LogP contribution is 2.39. The minimum absolute atomic E-state index is 0.0460. The van der Waals surface area contributed by atoms with Crippen molar-refractivity contribution in [3.05, 3.63) is 39.6 Å². The maximum atomic E-state index is 5.53. The molecule has 0 bridgehead atoms. The maximum absolute atomic E-state index is 5.53. The number of nitrogens with one attached hydrogen (secondary N) is 1. The molecule has 0 aliphatic heterocycles. The van der Waals surface area contributed by atoms with Crippen LogP contribution in [0.3, 0.4) is 0 Å². The number of ether oxygens (including phenoxy) is 3. The van der Waals surface area contributed by atoms with Crippen molar-refractivity contribution < 1.29 is 14.2 Å². The van der Waals surface area contributed by atoms with E-state index in [1.165, 1.54) is 10.4 Å². The molecule has 114 valence electrons. The summed E-state index contributed by atoms with van der Waals surface area (Å²) in [4.78, 5) is 1.28. The van der Waals surface area contributed by atoms with Crippen LogP contribution in [0.1, 0.15) is 22.0 Å². The third-order valence-electron chi connectivity index (χ3n) is 3.42. The molecule has 4 nitrogen and oxygen atoms in total. The maximum Gasteiger partial charge on any atom is 0.164 e. The average molecular weight is 307 g/mol. The highest BCUT2D eigenvalue weighted by molar-refractivity contribution is 7.10. The van der Waals surface area contributed by atoms with Crippen molar-refractivity contribution in [2.75, 3.05) is 28.4 Å². The van der Waals surface area contributed by atoms with Gasteiger partial charge in [-0.25, -0.2) is 0 Å². The van der Waals surface area contributed by atoms with Gasteiger partial charge in [-0.15, -0.1) is 11.3 Å². The molecule has 0 radical (unpaired) electrons. The topological polar surface area (TPSA) is 39.7 Å². The Labute approximate surface area is 129 Å². The van der Waals surface area contributed by atoms with Gasteiger partial charge in [0.2, 0.25) is 0 Å². The fourth-order valence-corrected chi connectivity index (χ4v) is 3.13. The second-order valence-corrected chi connectivity index (χ2v) is 5.78. The lowest BCUT2D eigenvalue weighted by molar-refractivity contribution is 0.346. The van der Waals surface area contributed by atoms with Crippen LogP contribution in [0.25, 0.3) is 0 Å². The first-order valence-corrected chi connectivity index (χ1v) is 7.54. The number of hydrogen-bond donors (Lipinski definition) is 1. The molecule has 0 fully saturated rings. The third-order valence-corrected chi connectivity index (χ3v) is 4.30. The van der Waals surface area contributed by atoms with Gasteiger partial charge in [0.05, 0.1) is 27.4 Å². The summed E-state index contributed by atoms with van der Waals surface area (Å²) in [6.07, 6.45) is 0. The molecule has 5 heteroatoms. The SMILES string of the molecule is CNC(c1csc(C)c1)c1cc(OC)c(OC)cc1OC. The van der Waals surface area contributed by atoms with Gasteiger partial charge in [-0.1, -0.05) is 0 Å². The van der Waals surface area contributed by atoms with E-state index < -0.39 is 0 Å².